The molecule has 0 aromatic heterocycles. The van der Waals surface area contributed by atoms with Crippen LogP contribution in [-0.4, -0.2) is 19.0 Å². The number of carbonyl (C=O) groups excluding carboxylic acids is 1. The van der Waals surface area contributed by atoms with Crippen molar-refractivity contribution in [3.8, 4) is 0 Å². The molecule has 2 unspecified atom stereocenters. The fraction of sp³-hybridized carbons (Fsp3) is 0.562. The number of rotatable bonds is 5. The molecule has 0 saturated carbocycles. The molecule has 0 spiro atoms. The lowest BCUT2D eigenvalue weighted by molar-refractivity contribution is -0.121. The molecule has 1 fully saturated rings. The van der Waals surface area contributed by atoms with E-state index in [4.69, 9.17) is 0 Å². The molecule has 0 radical (unpaired) electrons. The van der Waals surface area contributed by atoms with Gasteiger partial charge in [-0.15, -0.1) is 0 Å². The van der Waals surface area contributed by atoms with Crippen molar-refractivity contribution >= 4 is 11.6 Å². The van der Waals surface area contributed by atoms with Gasteiger partial charge < -0.3 is 10.6 Å². The van der Waals surface area contributed by atoms with Crippen LogP contribution in [0.1, 0.15) is 38.7 Å². The van der Waals surface area contributed by atoms with Crippen LogP contribution in [0.15, 0.2) is 24.3 Å². The molecule has 2 atom stereocenters. The molecule has 3 heteroatoms. The quantitative estimate of drug-likeness (QED) is 0.854. The van der Waals surface area contributed by atoms with Crippen LogP contribution in [0.3, 0.4) is 0 Å². The van der Waals surface area contributed by atoms with Gasteiger partial charge in [0.05, 0.1) is 0 Å². The fourth-order valence-electron chi connectivity index (χ4n) is 2.27. The Morgan fingerprint density at radius 3 is 2.42 bits per heavy atom. The van der Waals surface area contributed by atoms with Crippen LogP contribution in [-0.2, 0) is 4.79 Å². The summed E-state index contributed by atoms with van der Waals surface area (Å²) in [6.07, 6.45) is 1.14. The number of hydrogen-bond donors (Lipinski definition) is 2. The Labute approximate surface area is 115 Å². The Balaban J connectivity index is 1.93. The van der Waals surface area contributed by atoms with Crippen LogP contribution < -0.4 is 10.6 Å². The van der Waals surface area contributed by atoms with E-state index in [1.54, 1.807) is 0 Å². The molecule has 19 heavy (non-hydrogen) atoms. The first-order valence-electron chi connectivity index (χ1n) is 7.23. The Hall–Kier alpha value is -1.35. The molecular weight excluding hydrogens is 236 g/mol. The van der Waals surface area contributed by atoms with E-state index in [1.165, 1.54) is 5.56 Å². The Morgan fingerprint density at radius 1 is 1.32 bits per heavy atom. The van der Waals surface area contributed by atoms with Gasteiger partial charge in [0.15, 0.2) is 0 Å². The highest BCUT2D eigenvalue weighted by Crippen LogP contribution is 2.22. The van der Waals surface area contributed by atoms with Crippen LogP contribution in [0.2, 0.25) is 0 Å². The maximum Gasteiger partial charge on any atom is 0.227 e. The molecule has 1 aliphatic heterocycles. The number of carbonyl (C=O) groups is 1. The lowest BCUT2D eigenvalue weighted by atomic mass is 9.88. The Bertz CT molecular complexity index is 423. The van der Waals surface area contributed by atoms with Crippen molar-refractivity contribution in [2.45, 2.75) is 33.1 Å². The highest BCUT2D eigenvalue weighted by Gasteiger charge is 2.28. The minimum absolute atomic E-state index is 0.0792. The van der Waals surface area contributed by atoms with Crippen LogP contribution in [0.25, 0.3) is 0 Å². The van der Waals surface area contributed by atoms with Crippen LogP contribution in [0.5, 0.6) is 0 Å². The van der Waals surface area contributed by atoms with Gasteiger partial charge in [-0.05, 0) is 49.0 Å². The normalized spacial score (nSPS) is 18.5. The van der Waals surface area contributed by atoms with E-state index in [9.17, 15) is 4.79 Å². The zero-order chi connectivity index (χ0) is 13.8. The highest BCUT2D eigenvalue weighted by atomic mass is 16.1. The number of hydrogen-bond acceptors (Lipinski definition) is 2. The van der Waals surface area contributed by atoms with E-state index in [-0.39, 0.29) is 11.8 Å². The predicted molar refractivity (Wildman–Crippen MR) is 79.3 cm³/mol. The van der Waals surface area contributed by atoms with Crippen molar-refractivity contribution in [1.29, 1.82) is 0 Å². The minimum atomic E-state index is 0.0792. The topological polar surface area (TPSA) is 41.1 Å². The molecule has 1 heterocycles. The second-order valence-electron chi connectivity index (χ2n) is 5.63. The maximum atomic E-state index is 12.1. The summed E-state index contributed by atoms with van der Waals surface area (Å²) in [7, 11) is 0. The largest absolute Gasteiger partial charge is 0.326 e. The lowest BCUT2D eigenvalue weighted by Crippen LogP contribution is -2.48. The zero-order valence-electron chi connectivity index (χ0n) is 12.1. The third-order valence-corrected chi connectivity index (χ3v) is 4.29. The summed E-state index contributed by atoms with van der Waals surface area (Å²) in [5, 5.41) is 6.22. The Morgan fingerprint density at radius 2 is 1.95 bits per heavy atom. The molecule has 1 amide bonds. The molecule has 1 aromatic rings. The van der Waals surface area contributed by atoms with Crippen molar-refractivity contribution in [2.24, 2.45) is 11.8 Å². The van der Waals surface area contributed by atoms with Gasteiger partial charge in [0.1, 0.15) is 0 Å². The first kappa shape index (κ1) is 14.1. The molecule has 0 aliphatic carbocycles. The second-order valence-corrected chi connectivity index (χ2v) is 5.63. The van der Waals surface area contributed by atoms with Crippen LogP contribution in [0.4, 0.5) is 5.69 Å². The summed E-state index contributed by atoms with van der Waals surface area (Å²) in [5.74, 6) is 1.27. The van der Waals surface area contributed by atoms with Gasteiger partial charge in [-0.1, -0.05) is 32.9 Å². The summed E-state index contributed by atoms with van der Waals surface area (Å²) in [4.78, 5) is 12.1. The molecule has 1 aliphatic rings. The van der Waals surface area contributed by atoms with E-state index in [2.05, 4.69) is 36.6 Å². The molecular formula is C16H24N2O. The van der Waals surface area contributed by atoms with Crippen LogP contribution >= 0.6 is 0 Å². The number of anilines is 1. The van der Waals surface area contributed by atoms with Gasteiger partial charge in [0, 0.05) is 11.6 Å². The lowest BCUT2D eigenvalue weighted by Gasteiger charge is -2.31. The highest BCUT2D eigenvalue weighted by molar-refractivity contribution is 5.92. The Kier molecular flexibility index (Phi) is 4.59. The molecule has 1 saturated heterocycles. The first-order chi connectivity index (χ1) is 9.11. The summed E-state index contributed by atoms with van der Waals surface area (Å²) in [6.45, 7) is 8.34. The van der Waals surface area contributed by atoms with Gasteiger partial charge in [0.2, 0.25) is 5.91 Å². The number of nitrogens with one attached hydrogen (secondary N) is 2. The summed E-state index contributed by atoms with van der Waals surface area (Å²) < 4.78 is 0. The summed E-state index contributed by atoms with van der Waals surface area (Å²) in [6, 6.07) is 8.23. The third kappa shape index (κ3) is 3.35. The molecule has 0 bridgehead atoms. The van der Waals surface area contributed by atoms with Gasteiger partial charge in [-0.25, -0.2) is 0 Å². The molecule has 1 aromatic carbocycles. The van der Waals surface area contributed by atoms with Gasteiger partial charge >= 0.3 is 0 Å². The standard InChI is InChI=1S/C16H24N2O/c1-4-11(2)13-5-7-15(8-6-13)18-16(19)12(3)14-9-17-10-14/h5-8,11-12,14,17H,4,9-10H2,1-3H3,(H,18,19). The number of amides is 1. The van der Waals surface area contributed by atoms with E-state index >= 15 is 0 Å². The molecule has 2 rings (SSSR count). The van der Waals surface area contributed by atoms with Crippen molar-refractivity contribution in [3.05, 3.63) is 29.8 Å². The predicted octanol–water partition coefficient (Wildman–Crippen LogP) is 2.99. The average Bonchev–Trinajstić information content (AvgIpc) is 2.36. The van der Waals surface area contributed by atoms with E-state index < -0.39 is 0 Å². The van der Waals surface area contributed by atoms with E-state index in [0.29, 0.717) is 11.8 Å². The molecule has 104 valence electrons. The van der Waals surface area contributed by atoms with Crippen LogP contribution in [0, 0.1) is 11.8 Å². The monoisotopic (exact) mass is 260 g/mol. The number of benzene rings is 1. The fourth-order valence-corrected chi connectivity index (χ4v) is 2.27. The zero-order valence-corrected chi connectivity index (χ0v) is 12.1. The smallest absolute Gasteiger partial charge is 0.227 e. The molecule has 3 nitrogen and oxygen atoms in total. The summed E-state index contributed by atoms with van der Waals surface area (Å²) >= 11 is 0. The van der Waals surface area contributed by atoms with Crippen molar-refractivity contribution < 1.29 is 4.79 Å². The van der Waals surface area contributed by atoms with Crippen molar-refractivity contribution in [2.75, 3.05) is 18.4 Å². The van der Waals surface area contributed by atoms with Crippen molar-refractivity contribution in [3.63, 3.8) is 0 Å². The first-order valence-corrected chi connectivity index (χ1v) is 7.23. The van der Waals surface area contributed by atoms with E-state index in [1.807, 2.05) is 19.1 Å². The van der Waals surface area contributed by atoms with Gasteiger partial charge in [-0.2, -0.15) is 0 Å². The summed E-state index contributed by atoms with van der Waals surface area (Å²) in [5.41, 5.74) is 2.23. The van der Waals surface area contributed by atoms with Gasteiger partial charge in [-0.3, -0.25) is 4.79 Å². The second kappa shape index (κ2) is 6.20. The minimum Gasteiger partial charge on any atom is -0.326 e. The SMILES string of the molecule is CCC(C)c1ccc(NC(=O)C(C)C2CNC2)cc1. The van der Waals surface area contributed by atoms with E-state index in [0.717, 1.165) is 25.2 Å². The van der Waals surface area contributed by atoms with Crippen molar-refractivity contribution in [1.82, 2.24) is 5.32 Å². The third-order valence-electron chi connectivity index (χ3n) is 4.29. The average molecular weight is 260 g/mol. The maximum absolute atomic E-state index is 12.1. The van der Waals surface area contributed by atoms with Gasteiger partial charge in [0.25, 0.3) is 0 Å². The molecule has 2 N–H and O–H groups in total.